The molecule has 3 heteroatoms. The molecule has 18 heavy (non-hydrogen) atoms. The number of unbranched alkanes of at least 4 members (excludes halogenated alkanes) is 8. The van der Waals surface area contributed by atoms with Crippen molar-refractivity contribution in [2.24, 2.45) is 0 Å². The number of aliphatic hydroxyl groups excluding tert-OH is 1. The highest BCUT2D eigenvalue weighted by molar-refractivity contribution is 5.69. The summed E-state index contributed by atoms with van der Waals surface area (Å²) in [7, 11) is 0. The number of hydrogen-bond acceptors (Lipinski definition) is 3. The van der Waals surface area contributed by atoms with Crippen molar-refractivity contribution in [3.8, 4) is 0 Å². The number of aliphatic hydroxyl groups is 1. The van der Waals surface area contributed by atoms with Gasteiger partial charge in [0.25, 0.3) is 0 Å². The Morgan fingerprint density at radius 3 is 2.17 bits per heavy atom. The molecule has 0 aliphatic heterocycles. The second kappa shape index (κ2) is 14.5. The zero-order valence-corrected chi connectivity index (χ0v) is 12.0. The van der Waals surface area contributed by atoms with Crippen molar-refractivity contribution in [1.29, 1.82) is 0 Å². The standard InChI is InChI=1S/C15H30O3/c1-2-3-4-9-12-15(17)18-14-11-8-6-5-7-10-13-16/h16H,2-14H2,1H3. The summed E-state index contributed by atoms with van der Waals surface area (Å²) in [5, 5.41) is 8.62. The van der Waals surface area contributed by atoms with Crippen LogP contribution in [0.25, 0.3) is 0 Å². The zero-order chi connectivity index (χ0) is 13.5. The third kappa shape index (κ3) is 13.5. The van der Waals surface area contributed by atoms with Gasteiger partial charge in [0.2, 0.25) is 0 Å². The molecule has 0 aromatic rings. The Kier molecular flexibility index (Phi) is 14.0. The van der Waals surface area contributed by atoms with Crippen LogP contribution in [0.5, 0.6) is 0 Å². The van der Waals surface area contributed by atoms with E-state index in [-0.39, 0.29) is 5.97 Å². The van der Waals surface area contributed by atoms with Gasteiger partial charge in [-0.15, -0.1) is 0 Å². The number of carbonyl (C=O) groups excluding carboxylic acids is 1. The van der Waals surface area contributed by atoms with E-state index in [1.807, 2.05) is 0 Å². The summed E-state index contributed by atoms with van der Waals surface area (Å²) in [6.07, 6.45) is 11.5. The molecule has 0 aliphatic carbocycles. The highest BCUT2D eigenvalue weighted by atomic mass is 16.5. The van der Waals surface area contributed by atoms with Gasteiger partial charge in [-0.3, -0.25) is 4.79 Å². The van der Waals surface area contributed by atoms with Gasteiger partial charge in [0, 0.05) is 13.0 Å². The molecule has 0 radical (unpaired) electrons. The largest absolute Gasteiger partial charge is 0.466 e. The quantitative estimate of drug-likeness (QED) is 0.403. The maximum Gasteiger partial charge on any atom is 0.305 e. The van der Waals surface area contributed by atoms with Crippen molar-refractivity contribution in [3.63, 3.8) is 0 Å². The van der Waals surface area contributed by atoms with E-state index < -0.39 is 0 Å². The van der Waals surface area contributed by atoms with E-state index in [1.54, 1.807) is 0 Å². The predicted molar refractivity (Wildman–Crippen MR) is 74.5 cm³/mol. The first-order chi connectivity index (χ1) is 8.81. The third-order valence-electron chi connectivity index (χ3n) is 3.05. The third-order valence-corrected chi connectivity index (χ3v) is 3.05. The fourth-order valence-corrected chi connectivity index (χ4v) is 1.88. The Labute approximate surface area is 112 Å². The highest BCUT2D eigenvalue weighted by Gasteiger charge is 2.01. The summed E-state index contributed by atoms with van der Waals surface area (Å²) in [4.78, 5) is 11.3. The van der Waals surface area contributed by atoms with Crippen LogP contribution >= 0.6 is 0 Å². The van der Waals surface area contributed by atoms with Gasteiger partial charge in [0.05, 0.1) is 6.61 Å². The fraction of sp³-hybridized carbons (Fsp3) is 0.933. The number of carbonyl (C=O) groups is 1. The minimum absolute atomic E-state index is 0.0358. The minimum Gasteiger partial charge on any atom is -0.466 e. The summed E-state index contributed by atoms with van der Waals surface area (Å²) in [5.74, 6) is -0.0358. The van der Waals surface area contributed by atoms with E-state index in [0.717, 1.165) is 38.5 Å². The van der Waals surface area contributed by atoms with Crippen molar-refractivity contribution in [2.75, 3.05) is 13.2 Å². The van der Waals surface area contributed by atoms with Gasteiger partial charge in [-0.2, -0.15) is 0 Å². The van der Waals surface area contributed by atoms with E-state index in [0.29, 0.717) is 19.6 Å². The zero-order valence-electron chi connectivity index (χ0n) is 12.0. The summed E-state index contributed by atoms with van der Waals surface area (Å²) in [6, 6.07) is 0. The van der Waals surface area contributed by atoms with Gasteiger partial charge in [0.1, 0.15) is 0 Å². The Hall–Kier alpha value is -0.570. The normalized spacial score (nSPS) is 10.6. The molecule has 0 bridgehead atoms. The van der Waals surface area contributed by atoms with Crippen LogP contribution in [0.15, 0.2) is 0 Å². The summed E-state index contributed by atoms with van der Waals surface area (Å²) >= 11 is 0. The van der Waals surface area contributed by atoms with Crippen LogP contribution in [-0.4, -0.2) is 24.3 Å². The molecule has 0 spiro atoms. The molecule has 0 saturated heterocycles. The summed E-state index contributed by atoms with van der Waals surface area (Å²) < 4.78 is 5.17. The Bertz CT molecular complexity index is 181. The molecule has 0 atom stereocenters. The minimum atomic E-state index is -0.0358. The molecular formula is C15H30O3. The Balaban J connectivity index is 3.10. The van der Waals surface area contributed by atoms with Crippen LogP contribution in [0.3, 0.4) is 0 Å². The van der Waals surface area contributed by atoms with Crippen LogP contribution in [0.2, 0.25) is 0 Å². The van der Waals surface area contributed by atoms with Crippen LogP contribution in [0.4, 0.5) is 0 Å². The van der Waals surface area contributed by atoms with Gasteiger partial charge >= 0.3 is 5.97 Å². The summed E-state index contributed by atoms with van der Waals surface area (Å²) in [6.45, 7) is 3.04. The lowest BCUT2D eigenvalue weighted by Gasteiger charge is -2.04. The number of hydrogen-bond donors (Lipinski definition) is 1. The highest BCUT2D eigenvalue weighted by Crippen LogP contribution is 2.06. The predicted octanol–water partition coefficient (Wildman–Crippen LogP) is 3.83. The first-order valence-electron chi connectivity index (χ1n) is 7.57. The summed E-state index contributed by atoms with van der Waals surface area (Å²) in [5.41, 5.74) is 0. The first kappa shape index (κ1) is 17.4. The topological polar surface area (TPSA) is 46.5 Å². The average molecular weight is 258 g/mol. The van der Waals surface area contributed by atoms with Crippen molar-refractivity contribution in [3.05, 3.63) is 0 Å². The Morgan fingerprint density at radius 2 is 1.50 bits per heavy atom. The van der Waals surface area contributed by atoms with Crippen LogP contribution < -0.4 is 0 Å². The lowest BCUT2D eigenvalue weighted by atomic mass is 10.1. The average Bonchev–Trinajstić information content (AvgIpc) is 2.38. The fourth-order valence-electron chi connectivity index (χ4n) is 1.88. The van der Waals surface area contributed by atoms with E-state index in [2.05, 4.69) is 6.92 Å². The molecule has 1 N–H and O–H groups in total. The van der Waals surface area contributed by atoms with E-state index >= 15 is 0 Å². The van der Waals surface area contributed by atoms with Crippen molar-refractivity contribution in [2.45, 2.75) is 77.6 Å². The van der Waals surface area contributed by atoms with E-state index in [4.69, 9.17) is 9.84 Å². The molecular weight excluding hydrogens is 228 g/mol. The number of esters is 1. The van der Waals surface area contributed by atoms with E-state index in [1.165, 1.54) is 25.7 Å². The molecule has 0 amide bonds. The molecule has 0 saturated carbocycles. The van der Waals surface area contributed by atoms with Crippen molar-refractivity contribution < 1.29 is 14.6 Å². The second-order valence-electron chi connectivity index (χ2n) is 4.88. The molecule has 108 valence electrons. The lowest BCUT2D eigenvalue weighted by Crippen LogP contribution is -2.05. The molecule has 0 aliphatic rings. The Morgan fingerprint density at radius 1 is 0.889 bits per heavy atom. The van der Waals surface area contributed by atoms with Crippen molar-refractivity contribution >= 4 is 5.97 Å². The van der Waals surface area contributed by atoms with Crippen molar-refractivity contribution in [1.82, 2.24) is 0 Å². The van der Waals surface area contributed by atoms with Gasteiger partial charge < -0.3 is 9.84 Å². The molecule has 0 fully saturated rings. The maximum atomic E-state index is 11.3. The molecule has 0 rings (SSSR count). The van der Waals surface area contributed by atoms with Crippen LogP contribution in [0, 0.1) is 0 Å². The van der Waals surface area contributed by atoms with Crippen LogP contribution in [-0.2, 0) is 9.53 Å². The van der Waals surface area contributed by atoms with Gasteiger partial charge in [-0.1, -0.05) is 51.9 Å². The number of ether oxygens (including phenoxy) is 1. The molecule has 0 heterocycles. The van der Waals surface area contributed by atoms with E-state index in [9.17, 15) is 4.79 Å². The maximum absolute atomic E-state index is 11.3. The SMILES string of the molecule is CCCCCCC(=O)OCCCCCCCCO. The van der Waals surface area contributed by atoms with Crippen LogP contribution in [0.1, 0.15) is 77.6 Å². The van der Waals surface area contributed by atoms with Gasteiger partial charge in [-0.05, 0) is 19.3 Å². The lowest BCUT2D eigenvalue weighted by molar-refractivity contribution is -0.143. The van der Waals surface area contributed by atoms with Gasteiger partial charge in [-0.25, -0.2) is 0 Å². The monoisotopic (exact) mass is 258 g/mol. The molecule has 3 nitrogen and oxygen atoms in total. The molecule has 0 aromatic carbocycles. The first-order valence-corrected chi connectivity index (χ1v) is 7.57. The smallest absolute Gasteiger partial charge is 0.305 e. The van der Waals surface area contributed by atoms with Gasteiger partial charge in [0.15, 0.2) is 0 Å². The number of rotatable bonds is 13. The molecule has 0 aromatic heterocycles. The second-order valence-corrected chi connectivity index (χ2v) is 4.88. The molecule has 0 unspecified atom stereocenters.